The van der Waals surface area contributed by atoms with Gasteiger partial charge < -0.3 is 20.6 Å². The van der Waals surface area contributed by atoms with Gasteiger partial charge in [0.2, 0.25) is 5.91 Å². The minimum absolute atomic E-state index is 0.00788. The first-order valence-electron chi connectivity index (χ1n) is 18.1. The Balaban J connectivity index is 3.77. The second-order valence-corrected chi connectivity index (χ2v) is 12.5. The van der Waals surface area contributed by atoms with Crippen LogP contribution in [0.1, 0.15) is 181 Å². The summed E-state index contributed by atoms with van der Waals surface area (Å²) in [4.78, 5) is 12.3. The molecule has 0 fully saturated rings. The molecule has 0 aliphatic carbocycles. The highest BCUT2D eigenvalue weighted by Crippen LogP contribution is 2.14. The van der Waals surface area contributed by atoms with E-state index < -0.39 is 18.2 Å². The van der Waals surface area contributed by atoms with Crippen molar-refractivity contribution in [1.29, 1.82) is 0 Å². The topological polar surface area (TPSA) is 89.8 Å². The summed E-state index contributed by atoms with van der Waals surface area (Å²) in [5.74, 6) is -0.328. The number of amides is 1. The zero-order valence-electron chi connectivity index (χ0n) is 27.9. The molecule has 0 aromatic heterocycles. The van der Waals surface area contributed by atoms with Crippen molar-refractivity contribution in [2.24, 2.45) is 0 Å². The smallest absolute Gasteiger partial charge is 0.222 e. The molecule has 1 amide bonds. The number of hydrogen-bond donors (Lipinski definition) is 4. The van der Waals surface area contributed by atoms with E-state index in [-0.39, 0.29) is 18.9 Å². The quantitative estimate of drug-likeness (QED) is 0.0462. The fourth-order valence-corrected chi connectivity index (χ4v) is 5.41. The van der Waals surface area contributed by atoms with Crippen molar-refractivity contribution in [2.45, 2.75) is 199 Å². The van der Waals surface area contributed by atoms with Gasteiger partial charge in [0, 0.05) is 0 Å². The molecule has 3 unspecified atom stereocenters. The highest BCUT2D eigenvalue weighted by molar-refractivity contribution is 5.76. The number of rotatable bonds is 32. The van der Waals surface area contributed by atoms with Crippen LogP contribution >= 0.6 is 0 Å². The standard InChI is InChI=1S/C37H71NO4/c1-3-5-7-9-11-13-14-15-16-17-18-19-20-21-23-25-27-29-31-36(41)35(33-39)38-37(42)32-34(40)30-28-26-24-22-12-10-8-6-4-2/h21,23,29,31,34-36,39-41H,3-20,22,24-28,30,32-33H2,1-2H3,(H,38,42)/b23-21+,31-29+. The molecule has 0 saturated heterocycles. The van der Waals surface area contributed by atoms with Gasteiger partial charge in [-0.05, 0) is 32.1 Å². The number of carbonyl (C=O) groups excluding carboxylic acids is 1. The van der Waals surface area contributed by atoms with Crippen LogP contribution in [0.5, 0.6) is 0 Å². The Labute approximate surface area is 261 Å². The van der Waals surface area contributed by atoms with Crippen molar-refractivity contribution in [3.8, 4) is 0 Å². The predicted octanol–water partition coefficient (Wildman–Crippen LogP) is 9.48. The number of allylic oxidation sites excluding steroid dienone is 3. The lowest BCUT2D eigenvalue weighted by molar-refractivity contribution is -0.124. The fourth-order valence-electron chi connectivity index (χ4n) is 5.41. The molecular formula is C37H71NO4. The molecular weight excluding hydrogens is 522 g/mol. The van der Waals surface area contributed by atoms with Gasteiger partial charge in [0.1, 0.15) is 0 Å². The van der Waals surface area contributed by atoms with E-state index in [1.165, 1.54) is 122 Å². The highest BCUT2D eigenvalue weighted by atomic mass is 16.3. The van der Waals surface area contributed by atoms with E-state index >= 15 is 0 Å². The van der Waals surface area contributed by atoms with E-state index in [9.17, 15) is 20.1 Å². The maximum Gasteiger partial charge on any atom is 0.222 e. The summed E-state index contributed by atoms with van der Waals surface area (Å²) in [7, 11) is 0. The molecule has 4 N–H and O–H groups in total. The SMILES string of the molecule is CCCCCCCCCCCCCC/C=C/CC/C=C/C(O)C(CO)NC(=O)CC(O)CCCCCCCCCCC. The number of aliphatic hydroxyl groups is 3. The number of hydrogen-bond acceptors (Lipinski definition) is 4. The third-order valence-electron chi connectivity index (χ3n) is 8.24. The Morgan fingerprint density at radius 2 is 1.02 bits per heavy atom. The lowest BCUT2D eigenvalue weighted by atomic mass is 10.0. The zero-order chi connectivity index (χ0) is 30.9. The Kier molecular flexibility index (Phi) is 31.8. The molecule has 0 spiro atoms. The molecule has 0 aliphatic rings. The Hall–Kier alpha value is -1.17. The third kappa shape index (κ3) is 28.9. The van der Waals surface area contributed by atoms with Crippen LogP contribution in [0.3, 0.4) is 0 Å². The van der Waals surface area contributed by atoms with Crippen LogP contribution in [0, 0.1) is 0 Å². The van der Waals surface area contributed by atoms with Gasteiger partial charge in [0.25, 0.3) is 0 Å². The van der Waals surface area contributed by atoms with Crippen LogP contribution in [0.25, 0.3) is 0 Å². The lowest BCUT2D eigenvalue weighted by Gasteiger charge is -2.21. The second-order valence-electron chi connectivity index (χ2n) is 12.5. The second kappa shape index (κ2) is 32.7. The zero-order valence-corrected chi connectivity index (χ0v) is 27.9. The first-order valence-corrected chi connectivity index (χ1v) is 18.1. The van der Waals surface area contributed by atoms with Crippen LogP contribution in [0.4, 0.5) is 0 Å². The average Bonchev–Trinajstić information content (AvgIpc) is 2.98. The van der Waals surface area contributed by atoms with Crippen LogP contribution in [-0.2, 0) is 4.79 Å². The number of nitrogens with one attached hydrogen (secondary N) is 1. The normalized spacial score (nSPS) is 14.1. The van der Waals surface area contributed by atoms with E-state index in [0.717, 1.165) is 32.1 Å². The predicted molar refractivity (Wildman–Crippen MR) is 181 cm³/mol. The van der Waals surface area contributed by atoms with Gasteiger partial charge in [0.15, 0.2) is 0 Å². The molecule has 0 radical (unpaired) electrons. The van der Waals surface area contributed by atoms with Crippen LogP contribution in [0.2, 0.25) is 0 Å². The van der Waals surface area contributed by atoms with Crippen molar-refractivity contribution < 1.29 is 20.1 Å². The molecule has 3 atom stereocenters. The van der Waals surface area contributed by atoms with Gasteiger partial charge in [-0.3, -0.25) is 4.79 Å². The van der Waals surface area contributed by atoms with Crippen LogP contribution in [-0.4, -0.2) is 46.1 Å². The van der Waals surface area contributed by atoms with Gasteiger partial charge in [0.05, 0.1) is 31.3 Å². The molecule has 248 valence electrons. The van der Waals surface area contributed by atoms with Crippen LogP contribution in [0.15, 0.2) is 24.3 Å². The van der Waals surface area contributed by atoms with Crippen molar-refractivity contribution in [3.05, 3.63) is 24.3 Å². The summed E-state index contributed by atoms with van der Waals surface area (Å²) < 4.78 is 0. The van der Waals surface area contributed by atoms with Gasteiger partial charge in [-0.15, -0.1) is 0 Å². The highest BCUT2D eigenvalue weighted by Gasteiger charge is 2.20. The number of unbranched alkanes of at least 4 members (excludes halogenated alkanes) is 21. The summed E-state index contributed by atoms with van der Waals surface area (Å²) in [6.07, 6.45) is 37.4. The summed E-state index contributed by atoms with van der Waals surface area (Å²) in [6, 6.07) is -0.755. The van der Waals surface area contributed by atoms with Crippen molar-refractivity contribution in [2.75, 3.05) is 6.61 Å². The molecule has 42 heavy (non-hydrogen) atoms. The van der Waals surface area contributed by atoms with E-state index in [4.69, 9.17) is 0 Å². The van der Waals surface area contributed by atoms with Crippen LogP contribution < -0.4 is 5.32 Å². The van der Waals surface area contributed by atoms with Crippen molar-refractivity contribution >= 4 is 5.91 Å². The first-order chi connectivity index (χ1) is 20.5. The number of carbonyl (C=O) groups is 1. The summed E-state index contributed by atoms with van der Waals surface area (Å²) in [5.41, 5.74) is 0. The largest absolute Gasteiger partial charge is 0.394 e. The molecule has 0 heterocycles. The minimum Gasteiger partial charge on any atom is -0.394 e. The Bertz CT molecular complexity index is 621. The van der Waals surface area contributed by atoms with Gasteiger partial charge in [-0.1, -0.05) is 167 Å². The molecule has 0 bridgehead atoms. The van der Waals surface area contributed by atoms with E-state index in [2.05, 4.69) is 31.3 Å². The van der Waals surface area contributed by atoms with Gasteiger partial charge in [-0.25, -0.2) is 0 Å². The van der Waals surface area contributed by atoms with Crippen molar-refractivity contribution in [1.82, 2.24) is 5.32 Å². The molecule has 0 aromatic rings. The van der Waals surface area contributed by atoms with Gasteiger partial charge in [-0.2, -0.15) is 0 Å². The molecule has 0 aromatic carbocycles. The van der Waals surface area contributed by atoms with E-state index in [0.29, 0.717) is 6.42 Å². The maximum absolute atomic E-state index is 12.3. The minimum atomic E-state index is -0.946. The van der Waals surface area contributed by atoms with Gasteiger partial charge >= 0.3 is 0 Å². The first kappa shape index (κ1) is 40.8. The van der Waals surface area contributed by atoms with Crippen molar-refractivity contribution in [3.63, 3.8) is 0 Å². The maximum atomic E-state index is 12.3. The monoisotopic (exact) mass is 594 g/mol. The summed E-state index contributed by atoms with van der Waals surface area (Å²) in [6.45, 7) is 4.16. The Morgan fingerprint density at radius 1 is 0.595 bits per heavy atom. The summed E-state index contributed by atoms with van der Waals surface area (Å²) in [5, 5.41) is 32.9. The molecule has 5 heteroatoms. The van der Waals surface area contributed by atoms with E-state index in [1.807, 2.05) is 6.08 Å². The molecule has 0 rings (SSSR count). The third-order valence-corrected chi connectivity index (χ3v) is 8.24. The number of aliphatic hydroxyl groups excluding tert-OH is 3. The molecule has 5 nitrogen and oxygen atoms in total. The average molecular weight is 594 g/mol. The lowest BCUT2D eigenvalue weighted by Crippen LogP contribution is -2.45. The van der Waals surface area contributed by atoms with E-state index in [1.54, 1.807) is 6.08 Å². The molecule has 0 saturated carbocycles. The Morgan fingerprint density at radius 3 is 1.52 bits per heavy atom. The summed E-state index contributed by atoms with van der Waals surface area (Å²) >= 11 is 0. The fraction of sp³-hybridized carbons (Fsp3) is 0.865. The molecule has 0 aliphatic heterocycles.